The molecule has 6 aliphatic carbocycles. The summed E-state index contributed by atoms with van der Waals surface area (Å²) < 4.78 is 79.6. The second kappa shape index (κ2) is 18.8. The van der Waals surface area contributed by atoms with Crippen molar-refractivity contribution in [1.82, 2.24) is 9.62 Å². The van der Waals surface area contributed by atoms with Crippen LogP contribution in [0.2, 0.25) is 0 Å². The number of sulfonamides is 1. The number of rotatable bonds is 15. The minimum atomic E-state index is -4.25. The highest BCUT2D eigenvalue weighted by molar-refractivity contribution is 8.13. The molecule has 19 nitrogen and oxygen atoms in total. The number of aliphatic hydroxyl groups is 4. The van der Waals surface area contributed by atoms with Gasteiger partial charge in [-0.3, -0.25) is 33.3 Å². The molecule has 0 amide bonds. The van der Waals surface area contributed by atoms with E-state index < -0.39 is 120 Å². The van der Waals surface area contributed by atoms with Crippen molar-refractivity contribution in [3.05, 3.63) is 0 Å². The second-order valence-corrected chi connectivity index (χ2v) is 24.7. The summed E-state index contributed by atoms with van der Waals surface area (Å²) in [7, 11) is -6.64. The lowest BCUT2D eigenvalue weighted by Crippen LogP contribution is -2.48. The van der Waals surface area contributed by atoms with Crippen LogP contribution in [0.4, 0.5) is 0 Å². The Kier molecular flexibility index (Phi) is 16.4. The Hall–Kier alpha value is -2.12. The summed E-state index contributed by atoms with van der Waals surface area (Å²) in [6.45, 7) is 11.0. The van der Waals surface area contributed by atoms with Crippen molar-refractivity contribution in [3.8, 4) is 0 Å². The molecule has 6 bridgehead atoms. The molecular weight excluding hydrogens is 888 g/mol. The normalized spacial score (nSPS) is 31.5. The largest absolute Gasteiger partial charge is 0.395 e. The Morgan fingerprint density at radius 2 is 0.869 bits per heavy atom. The van der Waals surface area contributed by atoms with Gasteiger partial charge in [-0.15, -0.1) is 0 Å². The lowest BCUT2D eigenvalue weighted by atomic mass is 9.70. The van der Waals surface area contributed by atoms with Gasteiger partial charge < -0.3 is 25.7 Å². The maximum atomic E-state index is 12.6. The monoisotopic (exact) mass is 948 g/mol. The van der Waals surface area contributed by atoms with Crippen LogP contribution in [0.25, 0.3) is 0 Å². The van der Waals surface area contributed by atoms with E-state index in [-0.39, 0.29) is 51.4 Å². The summed E-state index contributed by atoms with van der Waals surface area (Å²) in [4.78, 5) is 71.5. The van der Waals surface area contributed by atoms with Gasteiger partial charge in [-0.1, -0.05) is 41.5 Å². The number of nitrogens with one attached hydrogen (secondary N) is 1. The molecule has 0 heterocycles. The van der Waals surface area contributed by atoms with Crippen LogP contribution in [0.15, 0.2) is 0 Å². The zero-order valence-corrected chi connectivity index (χ0v) is 38.6. The molecule has 61 heavy (non-hydrogen) atoms. The molecule has 0 saturated heterocycles. The standard InChI is InChI=1S/C14H23NO6S.C10H13ClO4S.C10H14O5S.C4H11NO2/c1-13(2)10-3-4-14(13,12(19)11(10)18)9-22(20,21)15(5-7-16)6-8-17;1-9(2)6-3-4-10(9,5-16(11,14)15)8(13)7(6)12;1-9(2)6-3-4-10(9,5-16(13,14)15)8(12)7(6)11;6-3-1-5-2-4-7/h10,16-17H,3-9H2,1-2H3;6H,3-5H2,1-2H3;6H,3-5H2,1-2H3,(H,13,14,15);5-7H,1-4H2. The van der Waals surface area contributed by atoms with Gasteiger partial charge in [0, 0.05) is 54.6 Å². The first-order chi connectivity index (χ1) is 27.8. The molecule has 6 atom stereocenters. The average molecular weight is 950 g/mol. The van der Waals surface area contributed by atoms with Crippen LogP contribution < -0.4 is 5.32 Å². The number of fused-ring (bicyclic) bond motifs is 6. The second-order valence-electron chi connectivity index (χ2n) is 18.5. The van der Waals surface area contributed by atoms with Crippen LogP contribution >= 0.6 is 10.7 Å². The number of aliphatic hydroxyl groups excluding tert-OH is 4. The van der Waals surface area contributed by atoms with Crippen molar-refractivity contribution in [2.24, 2.45) is 50.2 Å². The first-order valence-electron chi connectivity index (χ1n) is 20.0. The molecule has 6 fully saturated rings. The third-order valence-corrected chi connectivity index (χ3v) is 18.8. The van der Waals surface area contributed by atoms with E-state index in [9.17, 15) is 54.0 Å². The summed E-state index contributed by atoms with van der Waals surface area (Å²) in [5.74, 6) is -5.70. The summed E-state index contributed by atoms with van der Waals surface area (Å²) in [6, 6.07) is 0. The molecular formula is C38H61ClN2O17S3. The van der Waals surface area contributed by atoms with Crippen molar-refractivity contribution in [2.75, 3.05) is 69.9 Å². The smallest absolute Gasteiger partial charge is 0.265 e. The molecule has 6 saturated carbocycles. The Balaban J connectivity index is 0.000000229. The summed E-state index contributed by atoms with van der Waals surface area (Å²) in [5.41, 5.74) is -5.42. The van der Waals surface area contributed by atoms with Crippen molar-refractivity contribution >= 4 is 74.6 Å². The number of nitrogens with zero attached hydrogens (tertiary/aromatic N) is 1. The molecule has 350 valence electrons. The number of hydrogen-bond donors (Lipinski definition) is 6. The van der Waals surface area contributed by atoms with E-state index in [2.05, 4.69) is 5.32 Å². The fourth-order valence-corrected chi connectivity index (χ4v) is 16.1. The zero-order chi connectivity index (χ0) is 47.0. The number of ketones is 6. The van der Waals surface area contributed by atoms with Gasteiger partial charge >= 0.3 is 0 Å². The fraction of sp³-hybridized carbons (Fsp3) is 0.842. The van der Waals surface area contributed by atoms with Crippen LogP contribution in [0.1, 0.15) is 80.1 Å². The average Bonchev–Trinajstić information content (AvgIpc) is 3.76. The highest BCUT2D eigenvalue weighted by Crippen LogP contribution is 2.65. The van der Waals surface area contributed by atoms with Crippen molar-refractivity contribution in [1.29, 1.82) is 0 Å². The van der Waals surface area contributed by atoms with Gasteiger partial charge in [0.1, 0.15) is 0 Å². The van der Waals surface area contributed by atoms with Crippen molar-refractivity contribution in [2.45, 2.75) is 80.1 Å². The SMILES string of the molecule is CC1(C)C2CCC1(CS(=O)(=O)Cl)C(=O)C2=O.CC1(C)C2CCC1(CS(=O)(=O)N(CCO)CCO)C(=O)C2=O.CC1(C)C2CCC1(CS(=O)(=O)O)C(=O)C2=O.OCCNCCO. The van der Waals surface area contributed by atoms with Gasteiger partial charge in [0.15, 0.2) is 0 Å². The third kappa shape index (κ3) is 9.65. The highest BCUT2D eigenvalue weighted by Gasteiger charge is 2.72. The van der Waals surface area contributed by atoms with Crippen LogP contribution in [0.3, 0.4) is 0 Å². The lowest BCUT2D eigenvalue weighted by Gasteiger charge is -2.36. The van der Waals surface area contributed by atoms with Crippen molar-refractivity contribution in [3.63, 3.8) is 0 Å². The predicted octanol–water partition coefficient (Wildman–Crippen LogP) is -0.684. The van der Waals surface area contributed by atoms with Crippen molar-refractivity contribution < 1.29 is 79.0 Å². The van der Waals surface area contributed by atoms with E-state index in [1.807, 2.05) is 0 Å². The first kappa shape index (κ1) is 53.2. The Labute approximate surface area is 362 Å². The van der Waals surface area contributed by atoms with Gasteiger partial charge in [-0.2, -0.15) is 12.7 Å². The van der Waals surface area contributed by atoms with Gasteiger partial charge in [0.25, 0.3) is 10.1 Å². The van der Waals surface area contributed by atoms with Gasteiger partial charge in [-0.25, -0.2) is 16.8 Å². The van der Waals surface area contributed by atoms with E-state index in [0.717, 1.165) is 4.31 Å². The Morgan fingerprint density at radius 1 is 0.557 bits per heavy atom. The van der Waals surface area contributed by atoms with Crippen LogP contribution in [0, 0.1) is 50.2 Å². The van der Waals surface area contributed by atoms with Crippen LogP contribution in [-0.2, 0) is 58.0 Å². The molecule has 0 spiro atoms. The Morgan fingerprint density at radius 3 is 1.11 bits per heavy atom. The van der Waals surface area contributed by atoms with Crippen LogP contribution in [0.5, 0.6) is 0 Å². The highest BCUT2D eigenvalue weighted by atomic mass is 35.7. The molecule has 0 aliphatic heterocycles. The minimum Gasteiger partial charge on any atom is -0.395 e. The number of halogens is 1. The molecule has 0 aromatic heterocycles. The van der Waals surface area contributed by atoms with Gasteiger partial charge in [0.05, 0.1) is 59.9 Å². The number of carbonyl (C=O) groups excluding carboxylic acids is 6. The van der Waals surface area contributed by atoms with Crippen LogP contribution in [-0.4, -0.2) is 159 Å². The molecule has 6 aliphatic rings. The topological polar surface area (TPSA) is 321 Å². The molecule has 0 aromatic rings. The Bertz CT molecular complexity index is 1990. The number of hydrogen-bond acceptors (Lipinski definition) is 17. The molecule has 6 unspecified atom stereocenters. The van der Waals surface area contributed by atoms with E-state index in [1.54, 1.807) is 41.5 Å². The van der Waals surface area contributed by atoms with E-state index in [1.165, 1.54) is 0 Å². The fourth-order valence-electron chi connectivity index (χ4n) is 10.9. The molecule has 0 aromatic carbocycles. The molecule has 0 radical (unpaired) electrons. The minimum absolute atomic E-state index is 0.134. The molecule has 23 heteroatoms. The predicted molar refractivity (Wildman–Crippen MR) is 219 cm³/mol. The maximum absolute atomic E-state index is 12.6. The summed E-state index contributed by atoms with van der Waals surface area (Å²) in [6.07, 6.45) is 2.86. The first-order valence-corrected chi connectivity index (χ1v) is 25.7. The van der Waals surface area contributed by atoms with Gasteiger partial charge in [0.2, 0.25) is 53.8 Å². The lowest BCUT2D eigenvalue weighted by molar-refractivity contribution is -0.141. The quantitative estimate of drug-likeness (QED) is 0.0512. The number of carbonyl (C=O) groups is 6. The maximum Gasteiger partial charge on any atom is 0.265 e. The van der Waals surface area contributed by atoms with E-state index in [0.29, 0.717) is 51.6 Å². The molecule has 6 rings (SSSR count). The van der Waals surface area contributed by atoms with Gasteiger partial charge in [-0.05, 0) is 54.8 Å². The van der Waals surface area contributed by atoms with E-state index in [4.69, 9.17) is 35.7 Å². The zero-order valence-electron chi connectivity index (χ0n) is 35.4. The summed E-state index contributed by atoms with van der Waals surface area (Å²) >= 11 is 0. The van der Waals surface area contributed by atoms with E-state index >= 15 is 0 Å². The number of Topliss-reactive ketones (excluding diaryl/α,β-unsaturated/α-hetero) is 6. The summed E-state index contributed by atoms with van der Waals surface area (Å²) in [5, 5.41) is 37.1. The third-order valence-electron chi connectivity index (χ3n) is 14.8. The molecule has 6 N–H and O–H groups in total.